The third kappa shape index (κ3) is 3.52. The van der Waals surface area contributed by atoms with Crippen molar-refractivity contribution in [3.8, 4) is 0 Å². The lowest BCUT2D eigenvalue weighted by atomic mass is 10.1. The van der Waals surface area contributed by atoms with E-state index in [1.165, 1.54) is 62.1 Å². The number of nitrogens with two attached hydrogens (primary N) is 1. The van der Waals surface area contributed by atoms with Crippen LogP contribution in [-0.2, 0) is 11.2 Å². The van der Waals surface area contributed by atoms with Gasteiger partial charge >= 0.3 is 5.97 Å². The predicted molar refractivity (Wildman–Crippen MR) is 83.4 cm³/mol. The van der Waals surface area contributed by atoms with Crippen LogP contribution in [0, 0.1) is 6.92 Å². The molecule has 2 rings (SSSR count). The first-order valence-corrected chi connectivity index (χ1v) is 8.13. The summed E-state index contributed by atoms with van der Waals surface area (Å²) < 4.78 is 4.80. The molecule has 1 aliphatic heterocycles. The van der Waals surface area contributed by atoms with Gasteiger partial charge in [-0.05, 0) is 44.8 Å². The Morgan fingerprint density at radius 2 is 1.95 bits per heavy atom. The van der Waals surface area contributed by atoms with Crippen LogP contribution in [0.1, 0.15) is 46.5 Å². The number of nitrogen functional groups attached to an aromatic ring is 1. The average molecular weight is 296 g/mol. The Kier molecular flexibility index (Phi) is 5.43. The molecule has 0 radical (unpaired) electrons. The lowest BCUT2D eigenvalue weighted by Gasteiger charge is -2.19. The maximum absolute atomic E-state index is 11.7. The first-order valence-electron chi connectivity index (χ1n) is 7.32. The highest BCUT2D eigenvalue weighted by atomic mass is 32.1. The Labute approximate surface area is 124 Å². The van der Waals surface area contributed by atoms with Crippen molar-refractivity contribution in [1.29, 1.82) is 0 Å². The van der Waals surface area contributed by atoms with Crippen molar-refractivity contribution in [1.82, 2.24) is 4.90 Å². The topological polar surface area (TPSA) is 55.6 Å². The van der Waals surface area contributed by atoms with Crippen LogP contribution in [0.2, 0.25) is 0 Å². The van der Waals surface area contributed by atoms with Crippen molar-refractivity contribution < 1.29 is 9.53 Å². The molecule has 0 bridgehead atoms. The molecule has 0 unspecified atom stereocenters. The number of carbonyl (C=O) groups excluding carboxylic acids is 1. The normalized spacial score (nSPS) is 16.9. The van der Waals surface area contributed by atoms with Gasteiger partial charge in [0.25, 0.3) is 0 Å². The van der Waals surface area contributed by atoms with E-state index in [0.29, 0.717) is 10.6 Å². The van der Waals surface area contributed by atoms with Crippen molar-refractivity contribution in [3.63, 3.8) is 0 Å². The van der Waals surface area contributed by atoms with E-state index in [4.69, 9.17) is 10.5 Å². The van der Waals surface area contributed by atoms with Crippen LogP contribution in [0.15, 0.2) is 0 Å². The van der Waals surface area contributed by atoms with Crippen LogP contribution < -0.4 is 5.73 Å². The number of hydrogen-bond acceptors (Lipinski definition) is 5. The molecule has 0 aromatic carbocycles. The Hall–Kier alpha value is -1.07. The SMILES string of the molecule is COC(=O)c1c(N)sc(CCN2CCCCCC2)c1C. The second-order valence-electron chi connectivity index (χ2n) is 5.39. The van der Waals surface area contributed by atoms with E-state index in [1.807, 2.05) is 6.92 Å². The molecule has 20 heavy (non-hydrogen) atoms. The van der Waals surface area contributed by atoms with Gasteiger partial charge in [-0.2, -0.15) is 0 Å². The number of ether oxygens (including phenoxy) is 1. The maximum Gasteiger partial charge on any atom is 0.341 e. The van der Waals surface area contributed by atoms with Gasteiger partial charge in [-0.1, -0.05) is 12.8 Å². The van der Waals surface area contributed by atoms with Gasteiger partial charge in [0.15, 0.2) is 0 Å². The second kappa shape index (κ2) is 7.09. The van der Waals surface area contributed by atoms with E-state index in [9.17, 15) is 4.79 Å². The number of methoxy groups -OCH3 is 1. The number of hydrogen-bond donors (Lipinski definition) is 1. The monoisotopic (exact) mass is 296 g/mol. The minimum Gasteiger partial charge on any atom is -0.465 e. The zero-order chi connectivity index (χ0) is 14.5. The molecular formula is C15H24N2O2S. The van der Waals surface area contributed by atoms with Crippen LogP contribution in [0.5, 0.6) is 0 Å². The minimum absolute atomic E-state index is 0.322. The van der Waals surface area contributed by atoms with Crippen molar-refractivity contribution in [2.45, 2.75) is 39.0 Å². The fourth-order valence-electron chi connectivity index (χ4n) is 2.80. The zero-order valence-corrected chi connectivity index (χ0v) is 13.2. The van der Waals surface area contributed by atoms with Gasteiger partial charge in [0.2, 0.25) is 0 Å². The third-order valence-electron chi connectivity index (χ3n) is 4.02. The van der Waals surface area contributed by atoms with E-state index in [0.717, 1.165) is 18.5 Å². The van der Waals surface area contributed by atoms with Gasteiger partial charge < -0.3 is 15.4 Å². The summed E-state index contributed by atoms with van der Waals surface area (Å²) in [5.41, 5.74) is 7.51. The van der Waals surface area contributed by atoms with Crippen LogP contribution in [0.4, 0.5) is 5.00 Å². The molecule has 1 aliphatic rings. The number of nitrogens with zero attached hydrogens (tertiary/aromatic N) is 1. The summed E-state index contributed by atoms with van der Waals surface area (Å²) in [6.45, 7) is 5.42. The molecule has 1 saturated heterocycles. The summed E-state index contributed by atoms with van der Waals surface area (Å²) in [5.74, 6) is -0.322. The van der Waals surface area contributed by atoms with Gasteiger partial charge in [-0.25, -0.2) is 4.79 Å². The Morgan fingerprint density at radius 1 is 1.30 bits per heavy atom. The number of rotatable bonds is 4. The van der Waals surface area contributed by atoms with E-state index in [2.05, 4.69) is 4.90 Å². The number of likely N-dealkylation sites (tertiary alicyclic amines) is 1. The first kappa shape index (κ1) is 15.3. The maximum atomic E-state index is 11.7. The highest BCUT2D eigenvalue weighted by molar-refractivity contribution is 7.16. The summed E-state index contributed by atoms with van der Waals surface area (Å²) in [6, 6.07) is 0. The largest absolute Gasteiger partial charge is 0.465 e. The highest BCUT2D eigenvalue weighted by Gasteiger charge is 2.20. The molecule has 1 aromatic rings. The van der Waals surface area contributed by atoms with Crippen molar-refractivity contribution >= 4 is 22.3 Å². The summed E-state index contributed by atoms with van der Waals surface area (Å²) >= 11 is 1.53. The predicted octanol–water partition coefficient (Wildman–Crippen LogP) is 2.84. The molecule has 0 atom stereocenters. The van der Waals surface area contributed by atoms with E-state index < -0.39 is 0 Å². The van der Waals surface area contributed by atoms with Gasteiger partial charge in [0, 0.05) is 11.4 Å². The van der Waals surface area contributed by atoms with E-state index in [-0.39, 0.29) is 5.97 Å². The number of esters is 1. The van der Waals surface area contributed by atoms with Gasteiger partial charge in [0.1, 0.15) is 5.00 Å². The summed E-state index contributed by atoms with van der Waals surface area (Å²) in [4.78, 5) is 15.5. The Bertz CT molecular complexity index is 463. The van der Waals surface area contributed by atoms with Gasteiger partial charge in [-0.3, -0.25) is 0 Å². The molecule has 112 valence electrons. The molecule has 0 spiro atoms. The molecule has 5 heteroatoms. The number of carbonyl (C=O) groups is 1. The van der Waals surface area contributed by atoms with Crippen molar-refractivity contribution in [2.24, 2.45) is 0 Å². The summed E-state index contributed by atoms with van der Waals surface area (Å²) in [7, 11) is 1.40. The quantitative estimate of drug-likeness (QED) is 0.868. The molecule has 1 fully saturated rings. The fourth-order valence-corrected chi connectivity index (χ4v) is 3.85. The van der Waals surface area contributed by atoms with E-state index >= 15 is 0 Å². The minimum atomic E-state index is -0.322. The molecule has 2 heterocycles. The smallest absolute Gasteiger partial charge is 0.341 e. The lowest BCUT2D eigenvalue weighted by molar-refractivity contribution is 0.0601. The van der Waals surface area contributed by atoms with Crippen molar-refractivity contribution in [3.05, 3.63) is 16.0 Å². The lowest BCUT2D eigenvalue weighted by Crippen LogP contribution is -2.26. The molecule has 0 amide bonds. The first-order chi connectivity index (χ1) is 9.63. The van der Waals surface area contributed by atoms with Gasteiger partial charge in [-0.15, -0.1) is 11.3 Å². The van der Waals surface area contributed by atoms with Gasteiger partial charge in [0.05, 0.1) is 12.7 Å². The average Bonchev–Trinajstić information content (AvgIpc) is 2.63. The Balaban J connectivity index is 2.01. The third-order valence-corrected chi connectivity index (χ3v) is 5.20. The highest BCUT2D eigenvalue weighted by Crippen LogP contribution is 2.31. The molecule has 2 N–H and O–H groups in total. The zero-order valence-electron chi connectivity index (χ0n) is 12.4. The van der Waals surface area contributed by atoms with Crippen LogP contribution >= 0.6 is 11.3 Å². The van der Waals surface area contributed by atoms with Crippen LogP contribution in [-0.4, -0.2) is 37.6 Å². The number of anilines is 1. The molecule has 0 aliphatic carbocycles. The fraction of sp³-hybridized carbons (Fsp3) is 0.667. The summed E-state index contributed by atoms with van der Waals surface area (Å²) in [6.07, 6.45) is 6.29. The second-order valence-corrected chi connectivity index (χ2v) is 6.52. The van der Waals surface area contributed by atoms with E-state index in [1.54, 1.807) is 0 Å². The molecule has 0 saturated carbocycles. The van der Waals surface area contributed by atoms with Crippen molar-refractivity contribution in [2.75, 3.05) is 32.5 Å². The molecular weight excluding hydrogens is 272 g/mol. The van der Waals surface area contributed by atoms with Crippen LogP contribution in [0.25, 0.3) is 0 Å². The Morgan fingerprint density at radius 3 is 2.55 bits per heavy atom. The molecule has 1 aromatic heterocycles. The number of thiophene rings is 1. The standard InChI is InChI=1S/C15H24N2O2S/c1-11-12(20-14(16)13(11)15(18)19-2)7-10-17-8-5-3-4-6-9-17/h3-10,16H2,1-2H3. The van der Waals surface area contributed by atoms with Crippen LogP contribution in [0.3, 0.4) is 0 Å². The molecule has 4 nitrogen and oxygen atoms in total. The summed E-state index contributed by atoms with van der Waals surface area (Å²) in [5, 5.41) is 0.584.